The summed E-state index contributed by atoms with van der Waals surface area (Å²) in [5, 5.41) is 38.8. The van der Waals surface area contributed by atoms with E-state index in [-0.39, 0.29) is 53.2 Å². The van der Waals surface area contributed by atoms with Gasteiger partial charge in [0.1, 0.15) is 23.0 Å². The number of pyridine rings is 1. The molecule has 0 fully saturated rings. The number of nitrogens with one attached hydrogen (secondary N) is 4. The first kappa shape index (κ1) is 35.9. The van der Waals surface area contributed by atoms with Crippen LogP contribution in [0.3, 0.4) is 0 Å². The number of benzene rings is 5. The highest BCUT2D eigenvalue weighted by atomic mass is 16.3. The average molecular weight is 711 g/mol. The number of aryl methyl sites for hydroxylation is 1. The van der Waals surface area contributed by atoms with Crippen molar-refractivity contribution in [2.24, 2.45) is 0 Å². The maximum absolute atomic E-state index is 14.1. The third-order valence-corrected chi connectivity index (χ3v) is 9.10. The fraction of sp³-hybridized carbons (Fsp3) is 0.143. The predicted molar refractivity (Wildman–Crippen MR) is 200 cm³/mol. The Bertz CT molecular complexity index is 2290. The van der Waals surface area contributed by atoms with E-state index in [1.807, 2.05) is 91.9 Å². The summed E-state index contributed by atoms with van der Waals surface area (Å²) in [5.74, 6) is -2.77. The van der Waals surface area contributed by atoms with Crippen molar-refractivity contribution in [1.82, 2.24) is 20.9 Å². The van der Waals surface area contributed by atoms with E-state index in [0.29, 0.717) is 5.56 Å². The molecule has 53 heavy (non-hydrogen) atoms. The van der Waals surface area contributed by atoms with Gasteiger partial charge in [-0.25, -0.2) is 0 Å². The van der Waals surface area contributed by atoms with E-state index in [4.69, 9.17) is 0 Å². The lowest BCUT2D eigenvalue weighted by Crippen LogP contribution is -2.50. The van der Waals surface area contributed by atoms with Crippen LogP contribution in [0.5, 0.6) is 17.2 Å². The van der Waals surface area contributed by atoms with E-state index >= 15 is 0 Å². The number of aromatic amines is 1. The van der Waals surface area contributed by atoms with Gasteiger partial charge in [0.25, 0.3) is 5.91 Å². The molecule has 0 radical (unpaired) electrons. The molecule has 0 saturated heterocycles. The molecule has 0 aliphatic heterocycles. The van der Waals surface area contributed by atoms with Crippen molar-refractivity contribution < 1.29 is 29.7 Å². The topological polar surface area (TPSA) is 181 Å². The number of phenols is 3. The van der Waals surface area contributed by atoms with Crippen LogP contribution in [0.15, 0.2) is 132 Å². The van der Waals surface area contributed by atoms with Crippen LogP contribution in [0.2, 0.25) is 0 Å². The first-order chi connectivity index (χ1) is 25.5. The average Bonchev–Trinajstić information content (AvgIpc) is 3.17. The van der Waals surface area contributed by atoms with Crippen molar-refractivity contribution in [3.8, 4) is 17.2 Å². The Hall–Kier alpha value is -6.88. The molecule has 0 spiro atoms. The monoisotopic (exact) mass is 710 g/mol. The van der Waals surface area contributed by atoms with E-state index in [9.17, 15) is 34.5 Å². The molecule has 6 rings (SSSR count). The number of H-pyrrole nitrogens is 1. The number of carbonyl (C=O) groups is 3. The molecule has 11 heteroatoms. The molecule has 6 aromatic rings. The van der Waals surface area contributed by atoms with Gasteiger partial charge in [-0.05, 0) is 59.9 Å². The second-order valence-corrected chi connectivity index (χ2v) is 12.7. The molecular formula is C42H38N4O7. The lowest BCUT2D eigenvalue weighted by Gasteiger charge is -2.37. The number of amides is 3. The van der Waals surface area contributed by atoms with Crippen molar-refractivity contribution in [3.63, 3.8) is 0 Å². The second kappa shape index (κ2) is 15.6. The van der Waals surface area contributed by atoms with Crippen LogP contribution in [0.4, 0.5) is 0 Å². The number of hydrogen-bond acceptors (Lipinski definition) is 7. The number of aromatic hydroxyl groups is 3. The summed E-state index contributed by atoms with van der Waals surface area (Å²) < 4.78 is 0. The first-order valence-electron chi connectivity index (χ1n) is 17.0. The van der Waals surface area contributed by atoms with Crippen LogP contribution in [-0.4, -0.2) is 44.1 Å². The summed E-state index contributed by atoms with van der Waals surface area (Å²) in [6.45, 7) is 1.92. The minimum Gasteiger partial charge on any atom is -0.506 e. The summed E-state index contributed by atoms with van der Waals surface area (Å²) in [5.41, 5.74) is 2.21. The van der Waals surface area contributed by atoms with Crippen molar-refractivity contribution in [2.45, 2.75) is 37.9 Å². The lowest BCUT2D eigenvalue weighted by molar-refractivity contribution is -0.124. The molecule has 0 saturated carbocycles. The van der Waals surface area contributed by atoms with Crippen molar-refractivity contribution in [2.75, 3.05) is 0 Å². The number of para-hydroxylation sites is 1. The lowest BCUT2D eigenvalue weighted by atomic mass is 9.76. The minimum absolute atomic E-state index is 0.0620. The Morgan fingerprint density at radius 3 is 2.00 bits per heavy atom. The van der Waals surface area contributed by atoms with Gasteiger partial charge < -0.3 is 36.3 Å². The van der Waals surface area contributed by atoms with Crippen LogP contribution in [0, 0.1) is 6.92 Å². The highest BCUT2D eigenvalue weighted by Gasteiger charge is 2.38. The highest BCUT2D eigenvalue weighted by Crippen LogP contribution is 2.37. The molecule has 1 heterocycles. The number of rotatable bonds is 12. The van der Waals surface area contributed by atoms with Gasteiger partial charge in [-0.15, -0.1) is 0 Å². The Morgan fingerprint density at radius 2 is 1.36 bits per heavy atom. The van der Waals surface area contributed by atoms with E-state index in [1.165, 1.54) is 36.4 Å². The molecule has 1 atom stereocenters. The predicted octanol–water partition coefficient (Wildman–Crippen LogP) is 5.26. The summed E-state index contributed by atoms with van der Waals surface area (Å²) in [6.07, 6.45) is -0.332. The largest absolute Gasteiger partial charge is 0.506 e. The summed E-state index contributed by atoms with van der Waals surface area (Å²) >= 11 is 0. The minimum atomic E-state index is -1.26. The second-order valence-electron chi connectivity index (χ2n) is 12.7. The first-order valence-corrected chi connectivity index (χ1v) is 17.0. The maximum Gasteiger partial charge on any atom is 0.268 e. The molecule has 3 amide bonds. The van der Waals surface area contributed by atoms with Gasteiger partial charge in [-0.1, -0.05) is 103 Å². The summed E-state index contributed by atoms with van der Waals surface area (Å²) in [7, 11) is 0. The van der Waals surface area contributed by atoms with Gasteiger partial charge in [-0.3, -0.25) is 19.2 Å². The zero-order valence-corrected chi connectivity index (χ0v) is 28.8. The Labute approximate surface area is 305 Å². The number of aromatic nitrogens is 1. The molecule has 11 nitrogen and oxygen atoms in total. The smallest absolute Gasteiger partial charge is 0.268 e. The standard InChI is InChI=1S/C42H38N4O7/c1-26-15-18-30(19-16-26)42(28-9-4-2-5-10-28,29-11-6-3-7-12-29)46-38(51)22-20-32(40(52)43-25-27-17-21-34(47)37(50)23-27)45-41(53)33-24-36(49)31-13-8-14-35(48)39(31)44-33/h2-19,21,23-24,32,47-48,50H,20,22,25H2,1H3,(H,43,52)(H,44,49)(H,45,53)(H,46,51)/t32-/m0/s1. The van der Waals surface area contributed by atoms with Crippen molar-refractivity contribution in [1.29, 1.82) is 0 Å². The fourth-order valence-corrected chi connectivity index (χ4v) is 6.32. The molecule has 0 unspecified atom stereocenters. The Balaban J connectivity index is 1.30. The van der Waals surface area contributed by atoms with Gasteiger partial charge in [0.05, 0.1) is 5.52 Å². The number of phenolic OH excluding ortho intramolecular Hbond substituents is 3. The SMILES string of the molecule is Cc1ccc(C(NC(=O)CC[C@H](NC(=O)c2cc(=O)c3cccc(O)c3[nH]2)C(=O)NCc2ccc(O)c(O)c2)(c2ccccc2)c2ccccc2)cc1. The summed E-state index contributed by atoms with van der Waals surface area (Å²) in [6, 6.07) is 35.3. The van der Waals surface area contributed by atoms with Gasteiger partial charge in [0.15, 0.2) is 16.9 Å². The molecule has 0 bridgehead atoms. The van der Waals surface area contributed by atoms with E-state index < -0.39 is 34.7 Å². The third kappa shape index (κ3) is 7.89. The van der Waals surface area contributed by atoms with Crippen LogP contribution in [0.1, 0.15) is 51.1 Å². The molecule has 0 aliphatic rings. The normalized spacial score (nSPS) is 11.8. The maximum atomic E-state index is 14.1. The van der Waals surface area contributed by atoms with Crippen LogP contribution in [0.25, 0.3) is 10.9 Å². The molecule has 268 valence electrons. The Kier molecular flexibility index (Phi) is 10.6. The van der Waals surface area contributed by atoms with Crippen molar-refractivity contribution in [3.05, 3.63) is 171 Å². The molecule has 5 aromatic carbocycles. The number of carbonyl (C=O) groups excluding carboxylic acids is 3. The Morgan fingerprint density at radius 1 is 0.717 bits per heavy atom. The van der Waals surface area contributed by atoms with Crippen LogP contribution >= 0.6 is 0 Å². The van der Waals surface area contributed by atoms with E-state index in [0.717, 1.165) is 28.3 Å². The quantitative estimate of drug-likeness (QED) is 0.0669. The van der Waals surface area contributed by atoms with Gasteiger partial charge in [-0.2, -0.15) is 0 Å². The molecule has 7 N–H and O–H groups in total. The van der Waals surface area contributed by atoms with E-state index in [1.54, 1.807) is 0 Å². The van der Waals surface area contributed by atoms with Crippen LogP contribution < -0.4 is 21.4 Å². The van der Waals surface area contributed by atoms with Gasteiger partial charge >= 0.3 is 0 Å². The summed E-state index contributed by atoms with van der Waals surface area (Å²) in [4.78, 5) is 57.0. The highest BCUT2D eigenvalue weighted by molar-refractivity contribution is 5.98. The molecule has 0 aliphatic carbocycles. The zero-order chi connectivity index (χ0) is 37.5. The fourth-order valence-electron chi connectivity index (χ4n) is 6.32. The number of hydrogen-bond donors (Lipinski definition) is 7. The van der Waals surface area contributed by atoms with E-state index in [2.05, 4.69) is 20.9 Å². The zero-order valence-electron chi connectivity index (χ0n) is 28.8. The van der Waals surface area contributed by atoms with Gasteiger partial charge in [0.2, 0.25) is 11.8 Å². The molecular weight excluding hydrogens is 672 g/mol. The third-order valence-electron chi connectivity index (χ3n) is 9.10. The number of fused-ring (bicyclic) bond motifs is 1. The van der Waals surface area contributed by atoms with Crippen molar-refractivity contribution >= 4 is 28.6 Å². The molecule has 1 aromatic heterocycles. The van der Waals surface area contributed by atoms with Gasteiger partial charge in [0, 0.05) is 24.4 Å². The van der Waals surface area contributed by atoms with Crippen LogP contribution in [-0.2, 0) is 21.7 Å².